The van der Waals surface area contributed by atoms with Crippen LogP contribution in [-0.4, -0.2) is 4.57 Å². The van der Waals surface area contributed by atoms with Crippen molar-refractivity contribution in [2.75, 3.05) is 0 Å². The minimum Gasteiger partial charge on any atom is -0.336 e. The van der Waals surface area contributed by atoms with Crippen molar-refractivity contribution in [1.29, 1.82) is 5.26 Å². The van der Waals surface area contributed by atoms with Crippen molar-refractivity contribution in [3.63, 3.8) is 0 Å². The Morgan fingerprint density at radius 2 is 2.12 bits per heavy atom. The summed E-state index contributed by atoms with van der Waals surface area (Å²) in [5.74, 6) is 0. The molecular weight excluding hydrogens is 228 g/mol. The quantitative estimate of drug-likeness (QED) is 0.574. The molecule has 0 aliphatic heterocycles. The summed E-state index contributed by atoms with van der Waals surface area (Å²) in [6.07, 6.45) is 11.7. The summed E-state index contributed by atoms with van der Waals surface area (Å²) < 4.78 is 3.05. The first-order valence-corrected chi connectivity index (χ1v) is 6.51. The normalized spacial score (nSPS) is 17.1. The zero-order valence-electron chi connectivity index (χ0n) is 9.80. The van der Waals surface area contributed by atoms with Gasteiger partial charge in [0.25, 0.3) is 0 Å². The molecule has 0 radical (unpaired) electrons. The van der Waals surface area contributed by atoms with Gasteiger partial charge >= 0.3 is 0 Å². The van der Waals surface area contributed by atoms with E-state index in [2.05, 4.69) is 10.8 Å². The van der Waals surface area contributed by atoms with Crippen LogP contribution in [0.4, 0.5) is 0 Å². The number of nitrogens with zero attached hydrogens (tertiary/aromatic N) is 2. The van der Waals surface area contributed by atoms with Crippen molar-refractivity contribution in [3.05, 3.63) is 34.6 Å². The van der Waals surface area contributed by atoms with Gasteiger partial charge in [-0.05, 0) is 25.0 Å². The van der Waals surface area contributed by atoms with Crippen LogP contribution in [0.15, 0.2) is 24.4 Å². The van der Waals surface area contributed by atoms with E-state index >= 15 is 0 Å². The monoisotopic (exact) mass is 244 g/mol. The van der Waals surface area contributed by atoms with Crippen LogP contribution < -0.4 is 0 Å². The fraction of sp³-hybridized carbons (Fsp3) is 0.429. The lowest BCUT2D eigenvalue weighted by molar-refractivity contribution is 0.349. The van der Waals surface area contributed by atoms with Gasteiger partial charge in [0.15, 0.2) is 0 Å². The predicted molar refractivity (Wildman–Crippen MR) is 72.0 cm³/mol. The molecule has 0 bridgehead atoms. The Balaban J connectivity index is 2.32. The number of nitriles is 1. The maximum Gasteiger partial charge on any atom is 0.113 e. The molecule has 88 valence electrons. The van der Waals surface area contributed by atoms with Crippen molar-refractivity contribution in [2.45, 2.75) is 38.1 Å². The van der Waals surface area contributed by atoms with E-state index in [-0.39, 0.29) is 0 Å². The summed E-state index contributed by atoms with van der Waals surface area (Å²) >= 11 is 5.49. The Kier molecular flexibility index (Phi) is 4.11. The first-order chi connectivity index (χ1) is 8.33. The molecule has 0 saturated heterocycles. The summed E-state index contributed by atoms with van der Waals surface area (Å²) in [6, 6.07) is 6.54. The molecule has 0 atom stereocenters. The second-order valence-electron chi connectivity index (χ2n) is 4.43. The second-order valence-corrected chi connectivity index (χ2v) is 4.82. The lowest BCUT2D eigenvalue weighted by Crippen LogP contribution is -2.13. The van der Waals surface area contributed by atoms with E-state index in [0.29, 0.717) is 6.04 Å². The van der Waals surface area contributed by atoms with Gasteiger partial charge in [-0.2, -0.15) is 5.26 Å². The molecule has 1 saturated carbocycles. The molecule has 1 aliphatic carbocycles. The van der Waals surface area contributed by atoms with E-state index < -0.39 is 0 Å². The average molecular weight is 244 g/mol. The van der Waals surface area contributed by atoms with Crippen molar-refractivity contribution < 1.29 is 0 Å². The van der Waals surface area contributed by atoms with Gasteiger partial charge in [0.1, 0.15) is 4.64 Å². The maximum atomic E-state index is 8.56. The molecule has 1 fully saturated rings. The zero-order valence-corrected chi connectivity index (χ0v) is 10.6. The standard InChI is InChI=1S/C14H16N2S/c15-10-4-6-12-7-5-11-16(14(12)17)13-8-2-1-3-9-13/h4-7,11,13H,1-3,8-9H2. The minimum atomic E-state index is 0.548. The van der Waals surface area contributed by atoms with Gasteiger partial charge in [-0.1, -0.05) is 37.5 Å². The third-order valence-electron chi connectivity index (χ3n) is 3.31. The van der Waals surface area contributed by atoms with E-state index in [1.165, 1.54) is 38.2 Å². The Morgan fingerprint density at radius 3 is 2.82 bits per heavy atom. The number of rotatable bonds is 2. The van der Waals surface area contributed by atoms with Gasteiger partial charge in [0.05, 0.1) is 6.07 Å². The van der Waals surface area contributed by atoms with Crippen LogP contribution in [-0.2, 0) is 0 Å². The predicted octanol–water partition coefficient (Wildman–Crippen LogP) is 4.26. The summed E-state index contributed by atoms with van der Waals surface area (Å²) in [7, 11) is 0. The molecule has 0 N–H and O–H groups in total. The fourth-order valence-electron chi connectivity index (χ4n) is 2.43. The lowest BCUT2D eigenvalue weighted by atomic mass is 9.95. The van der Waals surface area contributed by atoms with Crippen LogP contribution >= 0.6 is 12.2 Å². The Bertz CT molecular complexity index is 502. The molecular formula is C14H16N2S. The highest BCUT2D eigenvalue weighted by Gasteiger charge is 2.15. The summed E-state index contributed by atoms with van der Waals surface area (Å²) in [4.78, 5) is 0. The van der Waals surface area contributed by atoms with Crippen molar-refractivity contribution in [2.24, 2.45) is 0 Å². The van der Waals surface area contributed by atoms with Crippen LogP contribution in [0.1, 0.15) is 43.7 Å². The number of aromatic nitrogens is 1. The summed E-state index contributed by atoms with van der Waals surface area (Å²) in [5.41, 5.74) is 0.967. The number of pyridine rings is 1. The Labute approximate surface area is 107 Å². The van der Waals surface area contributed by atoms with Crippen LogP contribution in [0.3, 0.4) is 0 Å². The van der Waals surface area contributed by atoms with E-state index in [0.717, 1.165) is 10.2 Å². The summed E-state index contributed by atoms with van der Waals surface area (Å²) in [5, 5.41) is 8.56. The summed E-state index contributed by atoms with van der Waals surface area (Å²) in [6.45, 7) is 0. The van der Waals surface area contributed by atoms with Gasteiger partial charge in [-0.15, -0.1) is 0 Å². The van der Waals surface area contributed by atoms with Gasteiger partial charge in [-0.3, -0.25) is 0 Å². The van der Waals surface area contributed by atoms with E-state index in [4.69, 9.17) is 17.5 Å². The second kappa shape index (κ2) is 5.79. The third-order valence-corrected chi connectivity index (χ3v) is 3.76. The Hall–Kier alpha value is -1.40. The molecule has 1 aromatic heterocycles. The highest BCUT2D eigenvalue weighted by Crippen LogP contribution is 2.28. The third kappa shape index (κ3) is 2.83. The smallest absolute Gasteiger partial charge is 0.113 e. The average Bonchev–Trinajstić information content (AvgIpc) is 2.39. The fourth-order valence-corrected chi connectivity index (χ4v) is 2.77. The maximum absolute atomic E-state index is 8.56. The van der Waals surface area contributed by atoms with Gasteiger partial charge < -0.3 is 4.57 Å². The van der Waals surface area contributed by atoms with E-state index in [9.17, 15) is 0 Å². The van der Waals surface area contributed by atoms with Crippen LogP contribution in [0.2, 0.25) is 0 Å². The molecule has 3 heteroatoms. The van der Waals surface area contributed by atoms with Crippen molar-refractivity contribution in [1.82, 2.24) is 4.57 Å². The molecule has 2 rings (SSSR count). The molecule has 0 unspecified atom stereocenters. The molecule has 17 heavy (non-hydrogen) atoms. The van der Waals surface area contributed by atoms with Gasteiger partial charge in [-0.25, -0.2) is 0 Å². The lowest BCUT2D eigenvalue weighted by Gasteiger charge is -2.25. The van der Waals surface area contributed by atoms with E-state index in [1.807, 2.05) is 18.2 Å². The molecule has 0 spiro atoms. The van der Waals surface area contributed by atoms with Crippen LogP contribution in [0.5, 0.6) is 0 Å². The number of allylic oxidation sites excluding steroid dienone is 1. The highest BCUT2D eigenvalue weighted by atomic mass is 32.1. The first-order valence-electron chi connectivity index (χ1n) is 6.10. The number of hydrogen-bond acceptors (Lipinski definition) is 2. The molecule has 2 nitrogen and oxygen atoms in total. The molecule has 1 aliphatic rings. The van der Waals surface area contributed by atoms with E-state index in [1.54, 1.807) is 6.08 Å². The molecule has 1 heterocycles. The van der Waals surface area contributed by atoms with Crippen LogP contribution in [0, 0.1) is 16.0 Å². The first kappa shape index (κ1) is 12.1. The SMILES string of the molecule is N#CC=Cc1cccn(C2CCCCC2)c1=S. The topological polar surface area (TPSA) is 28.7 Å². The van der Waals surface area contributed by atoms with Crippen molar-refractivity contribution >= 4 is 18.3 Å². The van der Waals surface area contributed by atoms with Crippen LogP contribution in [0.25, 0.3) is 6.08 Å². The highest BCUT2D eigenvalue weighted by molar-refractivity contribution is 7.71. The molecule has 1 aromatic rings. The molecule has 0 aromatic carbocycles. The van der Waals surface area contributed by atoms with Gasteiger partial charge in [0, 0.05) is 23.9 Å². The number of hydrogen-bond donors (Lipinski definition) is 0. The Morgan fingerprint density at radius 1 is 1.35 bits per heavy atom. The largest absolute Gasteiger partial charge is 0.336 e. The molecule has 0 amide bonds. The minimum absolute atomic E-state index is 0.548. The van der Waals surface area contributed by atoms with Crippen molar-refractivity contribution in [3.8, 4) is 6.07 Å². The zero-order chi connectivity index (χ0) is 12.1. The van der Waals surface area contributed by atoms with Gasteiger partial charge in [0.2, 0.25) is 0 Å².